The van der Waals surface area contributed by atoms with Gasteiger partial charge in [-0.3, -0.25) is 9.59 Å². The van der Waals surface area contributed by atoms with Gasteiger partial charge in [0.25, 0.3) is 5.91 Å². The minimum absolute atomic E-state index is 0.0106. The lowest BCUT2D eigenvalue weighted by molar-refractivity contribution is -0.255. The van der Waals surface area contributed by atoms with Crippen LogP contribution in [0.2, 0.25) is 0 Å². The van der Waals surface area contributed by atoms with Crippen LogP contribution in [-0.2, 0) is 4.79 Å². The van der Waals surface area contributed by atoms with Crippen molar-refractivity contribution in [1.29, 1.82) is 0 Å². The van der Waals surface area contributed by atoms with Crippen LogP contribution < -0.4 is 15.2 Å². The second-order valence-electron chi connectivity index (χ2n) is 4.84. The van der Waals surface area contributed by atoms with Gasteiger partial charge in [0.05, 0.1) is 5.97 Å². The Labute approximate surface area is 132 Å². The van der Waals surface area contributed by atoms with Crippen LogP contribution in [0.3, 0.4) is 0 Å². The van der Waals surface area contributed by atoms with Gasteiger partial charge in [-0.05, 0) is 36.8 Å². The SMILES string of the molecule is CC(=O)Oc1cccc(C(=O)Nc2cccc(C(=O)[O-])c2C)c1. The summed E-state index contributed by atoms with van der Waals surface area (Å²) in [4.78, 5) is 34.2. The molecule has 23 heavy (non-hydrogen) atoms. The number of carboxylic acid groups (broad SMARTS) is 1. The number of carbonyl (C=O) groups excluding carboxylic acids is 3. The molecule has 0 bridgehead atoms. The molecule has 0 spiro atoms. The summed E-state index contributed by atoms with van der Waals surface area (Å²) in [5.41, 5.74) is 1.06. The Morgan fingerprint density at radius 3 is 2.43 bits per heavy atom. The first kappa shape index (κ1) is 16.2. The molecule has 0 heterocycles. The van der Waals surface area contributed by atoms with Crippen molar-refractivity contribution in [3.05, 3.63) is 59.2 Å². The Balaban J connectivity index is 2.24. The normalized spacial score (nSPS) is 10.0. The van der Waals surface area contributed by atoms with E-state index < -0.39 is 17.8 Å². The van der Waals surface area contributed by atoms with E-state index in [1.165, 1.54) is 25.1 Å². The van der Waals surface area contributed by atoms with Gasteiger partial charge in [-0.25, -0.2) is 0 Å². The van der Waals surface area contributed by atoms with Gasteiger partial charge in [0.1, 0.15) is 5.75 Å². The number of hydrogen-bond donors (Lipinski definition) is 1. The number of carboxylic acids is 1. The van der Waals surface area contributed by atoms with Crippen molar-refractivity contribution < 1.29 is 24.2 Å². The van der Waals surface area contributed by atoms with E-state index in [4.69, 9.17) is 4.74 Å². The van der Waals surface area contributed by atoms with Gasteiger partial charge < -0.3 is 20.0 Å². The molecule has 0 aliphatic heterocycles. The van der Waals surface area contributed by atoms with Crippen molar-refractivity contribution in [1.82, 2.24) is 0 Å². The second-order valence-corrected chi connectivity index (χ2v) is 4.84. The highest BCUT2D eigenvalue weighted by molar-refractivity contribution is 6.05. The first-order valence-electron chi connectivity index (χ1n) is 6.79. The summed E-state index contributed by atoms with van der Waals surface area (Å²) in [5, 5.41) is 13.6. The molecule has 0 saturated carbocycles. The van der Waals surface area contributed by atoms with Crippen LogP contribution in [0, 0.1) is 6.92 Å². The van der Waals surface area contributed by atoms with E-state index in [1.54, 1.807) is 31.2 Å². The molecule has 1 amide bonds. The van der Waals surface area contributed by atoms with Gasteiger partial charge in [0, 0.05) is 23.7 Å². The van der Waals surface area contributed by atoms with Crippen molar-refractivity contribution in [2.75, 3.05) is 5.32 Å². The van der Waals surface area contributed by atoms with Crippen LogP contribution in [0.15, 0.2) is 42.5 Å². The second kappa shape index (κ2) is 6.74. The molecule has 6 heteroatoms. The highest BCUT2D eigenvalue weighted by Gasteiger charge is 2.11. The predicted octanol–water partition coefficient (Wildman–Crippen LogP) is 1.54. The number of carbonyl (C=O) groups is 3. The average molecular weight is 312 g/mol. The van der Waals surface area contributed by atoms with E-state index in [0.717, 1.165) is 0 Å². The van der Waals surface area contributed by atoms with E-state index in [1.807, 2.05) is 0 Å². The number of ether oxygens (including phenoxy) is 1. The Morgan fingerprint density at radius 2 is 1.78 bits per heavy atom. The molecular weight excluding hydrogens is 298 g/mol. The maximum Gasteiger partial charge on any atom is 0.308 e. The van der Waals surface area contributed by atoms with E-state index in [0.29, 0.717) is 11.3 Å². The first-order valence-corrected chi connectivity index (χ1v) is 6.79. The average Bonchev–Trinajstić information content (AvgIpc) is 2.48. The fourth-order valence-electron chi connectivity index (χ4n) is 2.05. The van der Waals surface area contributed by atoms with Crippen LogP contribution in [0.25, 0.3) is 0 Å². The number of benzene rings is 2. The van der Waals surface area contributed by atoms with Gasteiger partial charge in [-0.1, -0.05) is 18.2 Å². The molecule has 118 valence electrons. The van der Waals surface area contributed by atoms with Gasteiger partial charge >= 0.3 is 5.97 Å². The number of anilines is 1. The molecule has 0 atom stereocenters. The molecule has 6 nitrogen and oxygen atoms in total. The minimum Gasteiger partial charge on any atom is -0.545 e. The third-order valence-electron chi connectivity index (χ3n) is 3.16. The van der Waals surface area contributed by atoms with E-state index >= 15 is 0 Å². The fraction of sp³-hybridized carbons (Fsp3) is 0.118. The lowest BCUT2D eigenvalue weighted by atomic mass is 10.1. The molecule has 0 aliphatic carbocycles. The van der Waals surface area contributed by atoms with Gasteiger partial charge in [-0.2, -0.15) is 0 Å². The molecule has 0 fully saturated rings. The number of nitrogens with one attached hydrogen (secondary N) is 1. The zero-order chi connectivity index (χ0) is 17.0. The number of amides is 1. The van der Waals surface area contributed by atoms with Crippen LogP contribution in [-0.4, -0.2) is 17.8 Å². The van der Waals surface area contributed by atoms with Gasteiger partial charge in [-0.15, -0.1) is 0 Å². The molecule has 2 aromatic rings. The molecule has 0 unspecified atom stereocenters. The zero-order valence-corrected chi connectivity index (χ0v) is 12.6. The molecule has 0 radical (unpaired) electrons. The van der Waals surface area contributed by atoms with E-state index in [9.17, 15) is 19.5 Å². The third-order valence-corrected chi connectivity index (χ3v) is 3.16. The summed E-state index contributed by atoms with van der Waals surface area (Å²) >= 11 is 0. The van der Waals surface area contributed by atoms with Crippen molar-refractivity contribution in [2.24, 2.45) is 0 Å². The van der Waals surface area contributed by atoms with Gasteiger partial charge in [0.2, 0.25) is 0 Å². The Morgan fingerprint density at radius 1 is 1.09 bits per heavy atom. The Bertz CT molecular complexity index is 782. The predicted molar refractivity (Wildman–Crippen MR) is 81.2 cm³/mol. The first-order chi connectivity index (χ1) is 10.9. The molecule has 1 N–H and O–H groups in total. The lowest BCUT2D eigenvalue weighted by Crippen LogP contribution is -2.24. The number of rotatable bonds is 4. The Hall–Kier alpha value is -3.15. The summed E-state index contributed by atoms with van der Waals surface area (Å²) in [6.07, 6.45) is 0. The topological polar surface area (TPSA) is 95.5 Å². The standard InChI is InChI=1S/C17H15NO5/c1-10-14(17(21)22)7-4-8-15(10)18-16(20)12-5-3-6-13(9-12)23-11(2)19/h3-9H,1-2H3,(H,18,20)(H,21,22)/p-1. The largest absolute Gasteiger partial charge is 0.545 e. The molecule has 0 aromatic heterocycles. The van der Waals surface area contributed by atoms with Crippen molar-refractivity contribution >= 4 is 23.5 Å². The molecule has 0 saturated heterocycles. The highest BCUT2D eigenvalue weighted by Crippen LogP contribution is 2.20. The summed E-state index contributed by atoms with van der Waals surface area (Å²) in [7, 11) is 0. The fourth-order valence-corrected chi connectivity index (χ4v) is 2.05. The van der Waals surface area contributed by atoms with Crippen LogP contribution in [0.1, 0.15) is 33.2 Å². The van der Waals surface area contributed by atoms with Crippen molar-refractivity contribution in [2.45, 2.75) is 13.8 Å². The number of esters is 1. The zero-order valence-electron chi connectivity index (χ0n) is 12.6. The van der Waals surface area contributed by atoms with Crippen LogP contribution in [0.5, 0.6) is 5.75 Å². The van der Waals surface area contributed by atoms with Gasteiger partial charge in [0.15, 0.2) is 0 Å². The van der Waals surface area contributed by atoms with E-state index in [2.05, 4.69) is 5.32 Å². The van der Waals surface area contributed by atoms with Crippen molar-refractivity contribution in [3.63, 3.8) is 0 Å². The van der Waals surface area contributed by atoms with E-state index in [-0.39, 0.29) is 16.9 Å². The molecule has 2 aromatic carbocycles. The molecular formula is C17H14NO5-. The number of hydrogen-bond acceptors (Lipinski definition) is 5. The highest BCUT2D eigenvalue weighted by atomic mass is 16.5. The summed E-state index contributed by atoms with van der Waals surface area (Å²) in [6, 6.07) is 10.6. The number of aromatic carboxylic acids is 1. The quantitative estimate of drug-likeness (QED) is 0.682. The summed E-state index contributed by atoms with van der Waals surface area (Å²) in [5.74, 6) is -1.99. The summed E-state index contributed by atoms with van der Waals surface area (Å²) < 4.78 is 4.92. The van der Waals surface area contributed by atoms with Crippen LogP contribution >= 0.6 is 0 Å². The third kappa shape index (κ3) is 3.94. The van der Waals surface area contributed by atoms with Crippen molar-refractivity contribution in [3.8, 4) is 5.75 Å². The Kier molecular flexibility index (Phi) is 4.75. The molecule has 0 aliphatic rings. The molecule has 2 rings (SSSR count). The maximum atomic E-state index is 12.3. The minimum atomic E-state index is -1.31. The summed E-state index contributed by atoms with van der Waals surface area (Å²) in [6.45, 7) is 2.84. The monoisotopic (exact) mass is 312 g/mol. The maximum absolute atomic E-state index is 12.3. The smallest absolute Gasteiger partial charge is 0.308 e. The lowest BCUT2D eigenvalue weighted by Gasteiger charge is -2.13. The van der Waals surface area contributed by atoms with Crippen LogP contribution in [0.4, 0.5) is 5.69 Å².